The number of para-hydroxylation sites is 1. The average Bonchev–Trinajstić information content (AvgIpc) is 3.41. The van der Waals surface area contributed by atoms with Gasteiger partial charge in [0.2, 0.25) is 12.4 Å². The predicted octanol–water partition coefficient (Wildman–Crippen LogP) is 3.77. The summed E-state index contributed by atoms with van der Waals surface area (Å²) in [6.45, 7) is 0.195. The van der Waals surface area contributed by atoms with Crippen molar-refractivity contribution in [1.82, 2.24) is 10.9 Å². The van der Waals surface area contributed by atoms with Crippen LogP contribution in [-0.2, 0) is 21.7 Å². The van der Waals surface area contributed by atoms with E-state index in [1.165, 1.54) is 4.90 Å². The first-order valence-electron chi connectivity index (χ1n) is 10.4. The van der Waals surface area contributed by atoms with Gasteiger partial charge in [-0.05, 0) is 35.9 Å². The van der Waals surface area contributed by atoms with Gasteiger partial charge in [0.15, 0.2) is 11.5 Å². The van der Waals surface area contributed by atoms with Crippen molar-refractivity contribution in [3.05, 3.63) is 88.4 Å². The number of hydrogen-bond donors (Lipinski definition) is 3. The highest BCUT2D eigenvalue weighted by Gasteiger charge is 2.56. The summed E-state index contributed by atoms with van der Waals surface area (Å²) in [6.07, 6.45) is -2.66. The number of nitrogens with one attached hydrogen (secondary N) is 2. The number of halogens is 1. The number of nitrogens with zero attached hydrogens (tertiary/aromatic N) is 1. The van der Waals surface area contributed by atoms with Crippen LogP contribution < -0.4 is 25.2 Å². The number of hydrogen-bond acceptors (Lipinski definition) is 6. The summed E-state index contributed by atoms with van der Waals surface area (Å²) in [6, 6.07) is 18.7. The van der Waals surface area contributed by atoms with Gasteiger partial charge in [-0.1, -0.05) is 48.0 Å². The van der Waals surface area contributed by atoms with E-state index in [1.54, 1.807) is 72.2 Å². The number of amides is 3. The summed E-state index contributed by atoms with van der Waals surface area (Å²) in [5.74, 6) is 0.326. The molecule has 0 saturated carbocycles. The van der Waals surface area contributed by atoms with E-state index in [9.17, 15) is 14.4 Å². The first kappa shape index (κ1) is 22.4. The Bertz CT molecular complexity index is 1330. The maximum atomic E-state index is 14.1. The lowest BCUT2D eigenvalue weighted by molar-refractivity contribution is -0.132. The van der Waals surface area contributed by atoms with Crippen molar-refractivity contribution in [2.24, 2.45) is 0 Å². The van der Waals surface area contributed by atoms with Gasteiger partial charge in [0.25, 0.3) is 5.91 Å². The molecule has 1 atom stereocenters. The van der Waals surface area contributed by atoms with Gasteiger partial charge in [-0.2, -0.15) is 0 Å². The second kappa shape index (κ2) is 8.73. The molecule has 0 radical (unpaired) electrons. The molecule has 0 bridgehead atoms. The summed E-state index contributed by atoms with van der Waals surface area (Å²) >= 11 is 6.00. The van der Waals surface area contributed by atoms with Gasteiger partial charge in [0.1, 0.15) is 0 Å². The Kier molecular flexibility index (Phi) is 5.58. The van der Waals surface area contributed by atoms with Crippen molar-refractivity contribution < 1.29 is 33.7 Å². The number of fused-ring (bicyclic) bond motifs is 2. The number of carboxylic acid groups (broad SMARTS) is 1. The molecule has 0 aliphatic carbocycles. The highest BCUT2D eigenvalue weighted by atomic mass is 35.5. The molecule has 178 valence electrons. The van der Waals surface area contributed by atoms with Crippen LogP contribution in [0.2, 0.25) is 5.02 Å². The molecule has 0 fully saturated rings. The molecule has 2 heterocycles. The Morgan fingerprint density at radius 2 is 1.77 bits per heavy atom. The van der Waals surface area contributed by atoms with Gasteiger partial charge >= 0.3 is 12.2 Å². The molecule has 3 amide bonds. The van der Waals surface area contributed by atoms with E-state index in [1.807, 2.05) is 5.43 Å². The van der Waals surface area contributed by atoms with E-state index in [4.69, 9.17) is 30.9 Å². The molecule has 0 aromatic heterocycles. The Morgan fingerprint density at radius 1 is 1.03 bits per heavy atom. The highest BCUT2D eigenvalue weighted by molar-refractivity contribution is 6.30. The topological polar surface area (TPSA) is 126 Å². The molecule has 3 aromatic rings. The smallest absolute Gasteiger partial charge is 0.427 e. The van der Waals surface area contributed by atoms with Crippen LogP contribution in [0.3, 0.4) is 0 Å². The van der Waals surface area contributed by atoms with Crippen molar-refractivity contribution in [3.8, 4) is 11.5 Å². The van der Waals surface area contributed by atoms with Gasteiger partial charge in [0.05, 0.1) is 12.2 Å². The van der Waals surface area contributed by atoms with E-state index in [2.05, 4.69) is 0 Å². The normalized spacial score (nSPS) is 17.6. The minimum absolute atomic E-state index is 0.0168. The zero-order valence-electron chi connectivity index (χ0n) is 18.0. The van der Waals surface area contributed by atoms with Crippen LogP contribution >= 0.6 is 11.6 Å². The van der Waals surface area contributed by atoms with Gasteiger partial charge < -0.3 is 24.2 Å². The molecule has 10 nitrogen and oxygen atoms in total. The standard InChI is InChI=1S/C24H18ClN3O7/c25-16-8-5-14(6-9-16)12-28-18-4-2-1-3-17(18)24(21(28)29,35-23(32)27-26-22(30)31)15-7-10-19-20(11-15)34-13-33-19/h1-11,26H,12-13H2,(H,27,32)(H,30,31). The summed E-state index contributed by atoms with van der Waals surface area (Å²) < 4.78 is 16.6. The molecule has 11 heteroatoms. The molecule has 5 rings (SSSR count). The summed E-state index contributed by atoms with van der Waals surface area (Å²) in [5.41, 5.74) is 3.79. The van der Waals surface area contributed by atoms with Crippen molar-refractivity contribution in [1.29, 1.82) is 0 Å². The number of ether oxygens (including phenoxy) is 3. The molecular weight excluding hydrogens is 478 g/mol. The fraction of sp³-hybridized carbons (Fsp3) is 0.125. The fourth-order valence-electron chi connectivity index (χ4n) is 4.17. The SMILES string of the molecule is O=C(O)NNC(=O)OC1(c2ccc3c(c2)OCO3)C(=O)N(Cc2ccc(Cl)cc2)c2ccccc21. The van der Waals surface area contributed by atoms with E-state index >= 15 is 0 Å². The predicted molar refractivity (Wildman–Crippen MR) is 123 cm³/mol. The maximum absolute atomic E-state index is 14.1. The van der Waals surface area contributed by atoms with Crippen molar-refractivity contribution in [2.75, 3.05) is 11.7 Å². The van der Waals surface area contributed by atoms with Crippen LogP contribution in [0.25, 0.3) is 0 Å². The molecule has 35 heavy (non-hydrogen) atoms. The molecule has 2 aliphatic rings. The Labute approximate surface area is 203 Å². The Morgan fingerprint density at radius 3 is 2.54 bits per heavy atom. The lowest BCUT2D eigenvalue weighted by Crippen LogP contribution is -2.49. The van der Waals surface area contributed by atoms with Crippen molar-refractivity contribution >= 4 is 35.4 Å². The van der Waals surface area contributed by atoms with Crippen LogP contribution in [-0.4, -0.2) is 30.0 Å². The zero-order chi connectivity index (χ0) is 24.6. The molecule has 3 aromatic carbocycles. The van der Waals surface area contributed by atoms with Gasteiger partial charge in [-0.3, -0.25) is 4.79 Å². The quantitative estimate of drug-likeness (QED) is 0.470. The maximum Gasteiger partial charge on any atom is 0.427 e. The van der Waals surface area contributed by atoms with Gasteiger partial charge in [-0.15, -0.1) is 0 Å². The first-order valence-corrected chi connectivity index (χ1v) is 10.8. The molecule has 1 unspecified atom stereocenters. The molecule has 0 spiro atoms. The number of benzene rings is 3. The van der Waals surface area contributed by atoms with Crippen LogP contribution in [0.4, 0.5) is 15.3 Å². The van der Waals surface area contributed by atoms with Crippen molar-refractivity contribution in [2.45, 2.75) is 12.1 Å². The molecule has 3 N–H and O–H groups in total. The molecule has 2 aliphatic heterocycles. The fourth-order valence-corrected chi connectivity index (χ4v) is 4.30. The second-order valence-corrected chi connectivity index (χ2v) is 8.17. The minimum Gasteiger partial charge on any atom is -0.464 e. The number of rotatable bonds is 4. The van der Waals surface area contributed by atoms with Crippen LogP contribution in [0.5, 0.6) is 11.5 Å². The van der Waals surface area contributed by atoms with Gasteiger partial charge in [0, 0.05) is 16.1 Å². The third kappa shape index (κ3) is 3.93. The highest BCUT2D eigenvalue weighted by Crippen LogP contribution is 2.49. The Hall–Kier alpha value is -4.44. The van der Waals surface area contributed by atoms with E-state index in [-0.39, 0.29) is 13.3 Å². The average molecular weight is 496 g/mol. The molecular formula is C24H18ClN3O7. The minimum atomic E-state index is -1.92. The lowest BCUT2D eigenvalue weighted by atomic mass is 9.87. The van der Waals surface area contributed by atoms with E-state index < -0.39 is 23.7 Å². The van der Waals surface area contributed by atoms with Crippen LogP contribution in [0, 0.1) is 0 Å². The zero-order valence-corrected chi connectivity index (χ0v) is 18.7. The largest absolute Gasteiger partial charge is 0.464 e. The first-order chi connectivity index (χ1) is 16.9. The number of carbonyl (C=O) groups is 3. The number of carbonyl (C=O) groups excluding carboxylic acids is 2. The third-order valence-electron chi connectivity index (χ3n) is 5.67. The summed E-state index contributed by atoms with van der Waals surface area (Å²) in [4.78, 5) is 39.2. The summed E-state index contributed by atoms with van der Waals surface area (Å²) in [7, 11) is 0. The Balaban J connectivity index is 1.62. The number of hydrazine groups is 1. The second-order valence-electron chi connectivity index (χ2n) is 7.73. The van der Waals surface area contributed by atoms with E-state index in [0.717, 1.165) is 5.56 Å². The monoisotopic (exact) mass is 495 g/mol. The van der Waals surface area contributed by atoms with Crippen molar-refractivity contribution in [3.63, 3.8) is 0 Å². The van der Waals surface area contributed by atoms with E-state index in [0.29, 0.717) is 33.3 Å². The third-order valence-corrected chi connectivity index (χ3v) is 5.92. The van der Waals surface area contributed by atoms with Crippen LogP contribution in [0.1, 0.15) is 16.7 Å². The van der Waals surface area contributed by atoms with Gasteiger partial charge in [-0.25, -0.2) is 20.4 Å². The summed E-state index contributed by atoms with van der Waals surface area (Å²) in [5, 5.41) is 9.41. The lowest BCUT2D eigenvalue weighted by Gasteiger charge is -2.29. The van der Waals surface area contributed by atoms with Crippen LogP contribution in [0.15, 0.2) is 66.7 Å². The molecule has 0 saturated heterocycles. The number of anilines is 1.